The van der Waals surface area contributed by atoms with Crippen LogP contribution in [0.3, 0.4) is 0 Å². The van der Waals surface area contributed by atoms with Crippen LogP contribution in [0, 0.1) is 11.3 Å². The van der Waals surface area contributed by atoms with Crippen LogP contribution in [-0.2, 0) is 6.18 Å². The molecule has 0 saturated carbocycles. The molecule has 2 heterocycles. The molecule has 1 N–H and O–H groups in total. The van der Waals surface area contributed by atoms with Gasteiger partial charge in [0.1, 0.15) is 17.7 Å². The fourth-order valence-corrected chi connectivity index (χ4v) is 3.14. The molecule has 0 aliphatic carbocycles. The Balaban J connectivity index is 1.72. The molecule has 146 valence electrons. The van der Waals surface area contributed by atoms with Gasteiger partial charge in [-0.05, 0) is 36.4 Å². The highest BCUT2D eigenvalue weighted by Gasteiger charge is 2.35. The molecule has 1 saturated heterocycles. The van der Waals surface area contributed by atoms with E-state index in [0.717, 1.165) is 12.1 Å². The van der Waals surface area contributed by atoms with E-state index in [9.17, 15) is 18.0 Å². The first-order chi connectivity index (χ1) is 13.3. The fraction of sp³-hybridized carbons (Fsp3) is 0.316. The number of carboxylic acids is 1. The summed E-state index contributed by atoms with van der Waals surface area (Å²) >= 11 is 0. The maximum atomic E-state index is 12.7. The number of aromatic nitrogens is 1. The first-order valence-electron chi connectivity index (χ1n) is 8.45. The Kier molecular flexibility index (Phi) is 5.40. The molecule has 28 heavy (non-hydrogen) atoms. The minimum atomic E-state index is -4.41. The molecule has 9 heteroatoms. The van der Waals surface area contributed by atoms with Gasteiger partial charge in [-0.3, -0.25) is 0 Å². The monoisotopic (exact) mass is 391 g/mol. The lowest BCUT2D eigenvalue weighted by Gasteiger charge is -2.23. The summed E-state index contributed by atoms with van der Waals surface area (Å²) in [6.07, 6.45) is -2.79. The van der Waals surface area contributed by atoms with Crippen molar-refractivity contribution in [2.24, 2.45) is 0 Å². The molecule has 1 aromatic carbocycles. The van der Waals surface area contributed by atoms with Gasteiger partial charge in [-0.25, -0.2) is 9.78 Å². The summed E-state index contributed by atoms with van der Waals surface area (Å²) in [6.45, 7) is 0.382. The van der Waals surface area contributed by atoms with Crippen molar-refractivity contribution in [3.63, 3.8) is 0 Å². The Hall–Kier alpha value is -3.28. The molecular weight excluding hydrogens is 375 g/mol. The number of carboxylic acid groups (broad SMARTS) is 1. The number of aromatic carboxylic acids is 1. The molecule has 6 nitrogen and oxygen atoms in total. The number of nitriles is 1. The molecule has 0 unspecified atom stereocenters. The predicted molar refractivity (Wildman–Crippen MR) is 93.0 cm³/mol. The Morgan fingerprint density at radius 2 is 2.00 bits per heavy atom. The number of hydrogen-bond acceptors (Lipinski definition) is 5. The van der Waals surface area contributed by atoms with E-state index in [0.29, 0.717) is 24.5 Å². The third-order valence-electron chi connectivity index (χ3n) is 4.48. The van der Waals surface area contributed by atoms with Gasteiger partial charge in [-0.1, -0.05) is 0 Å². The van der Waals surface area contributed by atoms with Gasteiger partial charge in [0, 0.05) is 18.7 Å². The first-order valence-corrected chi connectivity index (χ1v) is 8.45. The number of nitrogens with zero attached hydrogens (tertiary/aromatic N) is 3. The number of alkyl halides is 3. The minimum absolute atomic E-state index is 0.0531. The zero-order valence-electron chi connectivity index (χ0n) is 14.6. The van der Waals surface area contributed by atoms with Crippen LogP contribution in [0.25, 0.3) is 0 Å². The van der Waals surface area contributed by atoms with Crippen molar-refractivity contribution in [2.75, 3.05) is 11.4 Å². The molecule has 1 aromatic heterocycles. The van der Waals surface area contributed by atoms with Gasteiger partial charge in [0.25, 0.3) is 0 Å². The molecule has 0 radical (unpaired) electrons. The van der Waals surface area contributed by atoms with E-state index in [2.05, 4.69) is 11.1 Å². The van der Waals surface area contributed by atoms with Gasteiger partial charge in [0.05, 0.1) is 30.2 Å². The number of halogens is 3. The third kappa shape index (κ3) is 4.34. The molecular formula is C19H16F3N3O3. The third-order valence-corrected chi connectivity index (χ3v) is 4.48. The Bertz CT molecular complexity index is 877. The van der Waals surface area contributed by atoms with Gasteiger partial charge in [0.15, 0.2) is 0 Å². The summed E-state index contributed by atoms with van der Waals surface area (Å²) in [5, 5.41) is 18.0. The second-order valence-electron chi connectivity index (χ2n) is 6.38. The Labute approximate surface area is 158 Å². The van der Waals surface area contributed by atoms with Gasteiger partial charge in [0.2, 0.25) is 0 Å². The quantitative estimate of drug-likeness (QED) is 0.836. The van der Waals surface area contributed by atoms with Crippen molar-refractivity contribution in [3.05, 3.63) is 53.7 Å². The maximum Gasteiger partial charge on any atom is 0.416 e. The van der Waals surface area contributed by atoms with E-state index in [1.165, 1.54) is 24.4 Å². The van der Waals surface area contributed by atoms with E-state index in [1.807, 2.05) is 4.90 Å². The van der Waals surface area contributed by atoms with E-state index < -0.39 is 17.7 Å². The summed E-state index contributed by atoms with van der Waals surface area (Å²) in [6, 6.07) is 9.36. The van der Waals surface area contributed by atoms with Crippen LogP contribution in [0.2, 0.25) is 0 Å². The SMILES string of the molecule is N#CC[C@@H]1C[C@@H](Oc2ccc(C(F)(F)F)cc2)CN1c1ccc(C(=O)O)cn1. The van der Waals surface area contributed by atoms with E-state index >= 15 is 0 Å². The number of carbonyl (C=O) groups is 1. The van der Waals surface area contributed by atoms with Gasteiger partial charge >= 0.3 is 12.1 Å². The van der Waals surface area contributed by atoms with Gasteiger partial charge < -0.3 is 14.7 Å². The lowest BCUT2D eigenvalue weighted by atomic mass is 10.1. The molecule has 0 amide bonds. The second-order valence-corrected chi connectivity index (χ2v) is 6.38. The average Bonchev–Trinajstić information content (AvgIpc) is 3.04. The topological polar surface area (TPSA) is 86.5 Å². The molecule has 2 atom stereocenters. The highest BCUT2D eigenvalue weighted by atomic mass is 19.4. The Morgan fingerprint density at radius 1 is 1.29 bits per heavy atom. The summed E-state index contributed by atoms with van der Waals surface area (Å²) < 4.78 is 43.8. The van der Waals surface area contributed by atoms with E-state index in [-0.39, 0.29) is 24.1 Å². The number of ether oxygens (including phenoxy) is 1. The normalized spacial score (nSPS) is 19.3. The van der Waals surface area contributed by atoms with Crippen molar-refractivity contribution in [2.45, 2.75) is 31.2 Å². The van der Waals surface area contributed by atoms with Crippen LogP contribution < -0.4 is 9.64 Å². The van der Waals surface area contributed by atoms with Gasteiger partial charge in [-0.15, -0.1) is 0 Å². The molecule has 0 spiro atoms. The average molecular weight is 391 g/mol. The van der Waals surface area contributed by atoms with Crippen molar-refractivity contribution >= 4 is 11.8 Å². The largest absolute Gasteiger partial charge is 0.489 e. The van der Waals surface area contributed by atoms with Crippen molar-refractivity contribution in [1.82, 2.24) is 4.98 Å². The van der Waals surface area contributed by atoms with Crippen LogP contribution in [0.5, 0.6) is 5.75 Å². The van der Waals surface area contributed by atoms with E-state index in [4.69, 9.17) is 15.1 Å². The van der Waals surface area contributed by atoms with Crippen molar-refractivity contribution in [1.29, 1.82) is 5.26 Å². The molecule has 2 aromatic rings. The molecule has 1 fully saturated rings. The maximum absolute atomic E-state index is 12.7. The fourth-order valence-electron chi connectivity index (χ4n) is 3.14. The van der Waals surface area contributed by atoms with E-state index in [1.54, 1.807) is 6.07 Å². The van der Waals surface area contributed by atoms with Crippen molar-refractivity contribution < 1.29 is 27.8 Å². The molecule has 1 aliphatic heterocycles. The predicted octanol–water partition coefficient (Wildman–Crippen LogP) is 3.74. The number of pyridine rings is 1. The summed E-state index contributed by atoms with van der Waals surface area (Å²) in [5.74, 6) is -0.258. The number of benzene rings is 1. The van der Waals surface area contributed by atoms with Crippen LogP contribution >= 0.6 is 0 Å². The van der Waals surface area contributed by atoms with Crippen LogP contribution in [0.1, 0.15) is 28.8 Å². The lowest BCUT2D eigenvalue weighted by Crippen LogP contribution is -2.30. The van der Waals surface area contributed by atoms with Gasteiger partial charge in [-0.2, -0.15) is 18.4 Å². The molecule has 0 bridgehead atoms. The number of anilines is 1. The molecule has 1 aliphatic rings. The molecule has 3 rings (SSSR count). The zero-order chi connectivity index (χ0) is 20.3. The van der Waals surface area contributed by atoms with Crippen molar-refractivity contribution in [3.8, 4) is 11.8 Å². The second kappa shape index (κ2) is 7.76. The zero-order valence-corrected chi connectivity index (χ0v) is 14.6. The summed E-state index contributed by atoms with van der Waals surface area (Å²) in [5.41, 5.74) is -0.699. The lowest BCUT2D eigenvalue weighted by molar-refractivity contribution is -0.137. The number of rotatable bonds is 5. The first kappa shape index (κ1) is 19.5. The highest BCUT2D eigenvalue weighted by Crippen LogP contribution is 2.32. The Morgan fingerprint density at radius 3 is 2.54 bits per heavy atom. The van der Waals surface area contributed by atoms with Crippen LogP contribution in [-0.4, -0.2) is 34.8 Å². The summed E-state index contributed by atoms with van der Waals surface area (Å²) in [7, 11) is 0. The smallest absolute Gasteiger partial charge is 0.416 e. The minimum Gasteiger partial charge on any atom is -0.489 e. The standard InChI is InChI=1S/C19H16F3N3O3/c20-19(21,22)13-2-4-15(5-3-13)28-16-9-14(7-8-23)25(11-16)17-6-1-12(10-24-17)18(26)27/h1-6,10,14,16H,7,9,11H2,(H,26,27)/t14-,16-/m1/s1. The highest BCUT2D eigenvalue weighted by molar-refractivity contribution is 5.87. The van der Waals surface area contributed by atoms with Crippen LogP contribution in [0.4, 0.5) is 19.0 Å². The summed E-state index contributed by atoms with van der Waals surface area (Å²) in [4.78, 5) is 17.0. The number of hydrogen-bond donors (Lipinski definition) is 1. The van der Waals surface area contributed by atoms with Crippen LogP contribution in [0.15, 0.2) is 42.6 Å².